The summed E-state index contributed by atoms with van der Waals surface area (Å²) >= 11 is 0. The number of rotatable bonds is 4. The van der Waals surface area contributed by atoms with Crippen molar-refractivity contribution in [1.29, 1.82) is 0 Å². The lowest BCUT2D eigenvalue weighted by atomic mass is 9.78. The fourth-order valence-corrected chi connectivity index (χ4v) is 4.52. The summed E-state index contributed by atoms with van der Waals surface area (Å²) in [7, 11) is 0. The normalized spacial score (nSPS) is 21.2. The molecule has 0 aliphatic heterocycles. The molecule has 11 heteroatoms. The molecule has 3 nitrogen and oxygen atoms in total. The molecule has 4 atom stereocenters. The third kappa shape index (κ3) is 5.16. The summed E-state index contributed by atoms with van der Waals surface area (Å²) in [5.41, 5.74) is -2.68. The van der Waals surface area contributed by atoms with Crippen molar-refractivity contribution in [3.8, 4) is 0 Å². The molecule has 4 rings (SSSR count). The molecule has 3 aromatic rings. The molecule has 1 heterocycles. The van der Waals surface area contributed by atoms with E-state index in [2.05, 4.69) is 0 Å². The van der Waals surface area contributed by atoms with Crippen LogP contribution >= 0.6 is 0 Å². The van der Waals surface area contributed by atoms with Gasteiger partial charge in [-0.15, -0.1) is 0 Å². The molecule has 1 aromatic heterocycles. The molecule has 0 saturated carbocycles. The van der Waals surface area contributed by atoms with Crippen LogP contribution in [0, 0.1) is 5.82 Å². The molecule has 192 valence electrons. The minimum absolute atomic E-state index is 0.0198. The highest BCUT2D eigenvalue weighted by molar-refractivity contribution is 5.39. The molecule has 0 saturated heterocycles. The van der Waals surface area contributed by atoms with E-state index in [4.69, 9.17) is 4.74 Å². The Morgan fingerprint density at radius 2 is 1.53 bits per heavy atom. The van der Waals surface area contributed by atoms with Crippen LogP contribution < -0.4 is 4.73 Å². The van der Waals surface area contributed by atoms with Crippen molar-refractivity contribution in [2.24, 2.45) is 0 Å². The Bertz CT molecular complexity index is 1210. The molecule has 0 unspecified atom stereocenters. The molecule has 36 heavy (non-hydrogen) atoms. The average molecular weight is 518 g/mol. The molecule has 1 aliphatic rings. The number of halogens is 8. The van der Waals surface area contributed by atoms with Crippen molar-refractivity contribution in [3.05, 3.63) is 100 Å². The summed E-state index contributed by atoms with van der Waals surface area (Å²) in [6.45, 7) is 1.28. The highest BCUT2D eigenvalue weighted by Crippen LogP contribution is 2.45. The number of alkyl halides is 7. The van der Waals surface area contributed by atoms with Crippen LogP contribution in [0.3, 0.4) is 0 Å². The van der Waals surface area contributed by atoms with Gasteiger partial charge in [0.1, 0.15) is 5.82 Å². The zero-order chi connectivity index (χ0) is 26.4. The predicted octanol–water partition coefficient (Wildman–Crippen LogP) is 7.08. The fourth-order valence-electron chi connectivity index (χ4n) is 4.52. The van der Waals surface area contributed by atoms with Crippen molar-refractivity contribution in [2.45, 2.75) is 50.0 Å². The second-order valence-corrected chi connectivity index (χ2v) is 8.58. The Morgan fingerprint density at radius 1 is 0.944 bits per heavy atom. The smallest absolute Gasteiger partial charge is 0.369 e. The van der Waals surface area contributed by atoms with Gasteiger partial charge in [-0.1, -0.05) is 12.1 Å². The first-order valence-corrected chi connectivity index (χ1v) is 10.8. The van der Waals surface area contributed by atoms with Crippen molar-refractivity contribution >= 4 is 0 Å². The predicted molar refractivity (Wildman–Crippen MR) is 110 cm³/mol. The van der Waals surface area contributed by atoms with E-state index in [1.54, 1.807) is 0 Å². The van der Waals surface area contributed by atoms with Gasteiger partial charge in [0.25, 0.3) is 5.69 Å². The van der Waals surface area contributed by atoms with Gasteiger partial charge in [0.15, 0.2) is 6.17 Å². The Labute approximate surface area is 200 Å². The van der Waals surface area contributed by atoms with E-state index in [0.29, 0.717) is 28.0 Å². The van der Waals surface area contributed by atoms with Crippen LogP contribution in [-0.2, 0) is 17.1 Å². The van der Waals surface area contributed by atoms with E-state index in [-0.39, 0.29) is 23.7 Å². The summed E-state index contributed by atoms with van der Waals surface area (Å²) in [6, 6.07) is 9.28. The molecule has 0 spiro atoms. The Kier molecular flexibility index (Phi) is 6.72. The summed E-state index contributed by atoms with van der Waals surface area (Å²) in [4.78, 5) is 0. The Balaban J connectivity index is 1.76. The first-order valence-electron chi connectivity index (χ1n) is 10.8. The number of fused-ring (bicyclic) bond motifs is 1. The van der Waals surface area contributed by atoms with Gasteiger partial charge in [-0.25, -0.2) is 8.78 Å². The monoisotopic (exact) mass is 518 g/mol. The third-order valence-corrected chi connectivity index (χ3v) is 6.18. The molecule has 0 fully saturated rings. The lowest BCUT2D eigenvalue weighted by Gasteiger charge is -2.35. The Morgan fingerprint density at radius 3 is 2.08 bits per heavy atom. The lowest BCUT2D eigenvalue weighted by Crippen LogP contribution is -2.43. The molecule has 1 aliphatic carbocycles. The van der Waals surface area contributed by atoms with Crippen LogP contribution in [0.25, 0.3) is 0 Å². The summed E-state index contributed by atoms with van der Waals surface area (Å²) in [6.07, 6.45) is -13.3. The molecular formula is C25H20F8NO2+. The minimum Gasteiger partial charge on any atom is -0.369 e. The molecule has 0 bridgehead atoms. The van der Waals surface area contributed by atoms with Crippen molar-refractivity contribution in [2.75, 3.05) is 0 Å². The van der Waals surface area contributed by atoms with Gasteiger partial charge >= 0.3 is 12.4 Å². The number of nitrogens with zero attached hydrogens (tertiary/aromatic N) is 1. The topological polar surface area (TPSA) is 33.3 Å². The van der Waals surface area contributed by atoms with Crippen molar-refractivity contribution in [1.82, 2.24) is 0 Å². The molecule has 1 N–H and O–H groups in total. The van der Waals surface area contributed by atoms with Crippen LogP contribution in [0.4, 0.5) is 35.1 Å². The van der Waals surface area contributed by atoms with Crippen LogP contribution in [-0.4, -0.2) is 11.3 Å². The molecule has 0 radical (unpaired) electrons. The molecule has 2 aromatic carbocycles. The van der Waals surface area contributed by atoms with Crippen LogP contribution in [0.15, 0.2) is 60.8 Å². The van der Waals surface area contributed by atoms with Crippen molar-refractivity contribution < 1.29 is 49.8 Å². The van der Waals surface area contributed by atoms with Gasteiger partial charge in [-0.05, 0) is 54.4 Å². The number of pyridine rings is 1. The van der Waals surface area contributed by atoms with Gasteiger partial charge in [-0.2, -0.15) is 26.3 Å². The lowest BCUT2D eigenvalue weighted by molar-refractivity contribution is -0.911. The number of benzene rings is 2. The highest BCUT2D eigenvalue weighted by Gasteiger charge is 2.44. The van der Waals surface area contributed by atoms with Gasteiger partial charge in [-0.3, -0.25) is 5.21 Å². The van der Waals surface area contributed by atoms with Crippen LogP contribution in [0.5, 0.6) is 0 Å². The average Bonchev–Trinajstić information content (AvgIpc) is 2.78. The van der Waals surface area contributed by atoms with E-state index in [1.165, 1.54) is 37.4 Å². The van der Waals surface area contributed by atoms with E-state index >= 15 is 4.39 Å². The zero-order valence-corrected chi connectivity index (χ0v) is 18.6. The van der Waals surface area contributed by atoms with Gasteiger partial charge < -0.3 is 4.74 Å². The van der Waals surface area contributed by atoms with Crippen molar-refractivity contribution in [3.63, 3.8) is 0 Å². The SMILES string of the molecule is C[C@@H](O[C@H]1C[C@@H](F)c2c(ccc[n+]2O)[C@@H]1c1ccc(F)cc1)c1cc(C(F)(F)F)cc(C(F)(F)F)c1. The first-order chi connectivity index (χ1) is 16.8. The molecule has 0 amide bonds. The first kappa shape index (κ1) is 25.9. The number of aromatic nitrogens is 1. The molecular weight excluding hydrogens is 498 g/mol. The fraction of sp³-hybridized carbons (Fsp3) is 0.320. The maximum atomic E-state index is 15.1. The largest absolute Gasteiger partial charge is 0.416 e. The summed E-state index contributed by atoms with van der Waals surface area (Å²) in [5.74, 6) is -1.33. The number of hydrogen-bond acceptors (Lipinski definition) is 2. The zero-order valence-electron chi connectivity index (χ0n) is 18.6. The number of hydrogen-bond donors (Lipinski definition) is 1. The quantitative estimate of drug-likeness (QED) is 0.228. The van der Waals surface area contributed by atoms with E-state index < -0.39 is 53.6 Å². The minimum atomic E-state index is -5.03. The van der Waals surface area contributed by atoms with Gasteiger partial charge in [0.05, 0.1) is 23.3 Å². The van der Waals surface area contributed by atoms with Gasteiger partial charge in [0, 0.05) is 28.7 Å². The maximum absolute atomic E-state index is 15.1. The standard InChI is InChI=1S/C25H20F8NO2/c1-13(15-9-16(24(28,29)30)11-17(10-15)25(31,32)33)36-21-12-20(27)23-19(3-2-8-34(23)35)22(21)14-4-6-18(26)7-5-14/h2-11,13,20-22,35H,12H2,1H3/q+1/t13-,20-,21+,22+/m1/s1. The maximum Gasteiger partial charge on any atom is 0.416 e. The Hall–Kier alpha value is -3.21. The van der Waals surface area contributed by atoms with E-state index in [1.807, 2.05) is 0 Å². The second-order valence-electron chi connectivity index (χ2n) is 8.58. The van der Waals surface area contributed by atoms with Crippen LogP contribution in [0.2, 0.25) is 0 Å². The number of ether oxygens (including phenoxy) is 1. The third-order valence-electron chi connectivity index (χ3n) is 6.18. The summed E-state index contributed by atoms with van der Waals surface area (Å²) < 4.78 is 115. The van der Waals surface area contributed by atoms with Crippen LogP contribution in [0.1, 0.15) is 65.0 Å². The highest BCUT2D eigenvalue weighted by atomic mass is 19.4. The van der Waals surface area contributed by atoms with Gasteiger partial charge in [0.2, 0.25) is 6.20 Å². The summed E-state index contributed by atoms with van der Waals surface area (Å²) in [5, 5.41) is 10.2. The second kappa shape index (κ2) is 9.34. The van der Waals surface area contributed by atoms with E-state index in [9.17, 15) is 35.9 Å². The van der Waals surface area contributed by atoms with E-state index in [0.717, 1.165) is 12.1 Å².